The van der Waals surface area contributed by atoms with Crippen LogP contribution in [0.25, 0.3) is 0 Å². The fourth-order valence-electron chi connectivity index (χ4n) is 3.56. The van der Waals surface area contributed by atoms with Gasteiger partial charge in [0, 0.05) is 0 Å². The highest BCUT2D eigenvalue weighted by Crippen LogP contribution is 2.30. The number of hydrogen-bond acceptors (Lipinski definition) is 12. The lowest BCUT2D eigenvalue weighted by atomic mass is 10.1. The third-order valence-corrected chi connectivity index (χ3v) is 5.77. The molecule has 12 nitrogen and oxygen atoms in total. The maximum absolute atomic E-state index is 12.7. The van der Waals surface area contributed by atoms with E-state index < -0.39 is 48.3 Å². The Kier molecular flexibility index (Phi) is 15.1. The molecule has 0 spiro atoms. The van der Waals surface area contributed by atoms with Gasteiger partial charge in [-0.25, -0.2) is 14.4 Å². The van der Waals surface area contributed by atoms with Gasteiger partial charge >= 0.3 is 24.4 Å². The first-order chi connectivity index (χ1) is 19.5. The van der Waals surface area contributed by atoms with Crippen LogP contribution in [-0.4, -0.2) is 60.5 Å². The number of carbonyl (C=O) groups is 4. The minimum atomic E-state index is -1.11. The van der Waals surface area contributed by atoms with Gasteiger partial charge in [-0.3, -0.25) is 4.79 Å². The minimum absolute atomic E-state index is 0.0111. The van der Waals surface area contributed by atoms with Crippen molar-refractivity contribution in [2.45, 2.75) is 130 Å². The van der Waals surface area contributed by atoms with Gasteiger partial charge in [-0.1, -0.05) is 32.8 Å². The summed E-state index contributed by atoms with van der Waals surface area (Å²) in [6.07, 6.45) is -2.30. The molecular weight excluding hydrogens is 550 g/mol. The van der Waals surface area contributed by atoms with E-state index in [1.54, 1.807) is 54.5 Å². The molecule has 0 aliphatic heterocycles. The maximum Gasteiger partial charge on any atom is 0.514 e. The number of esters is 1. The van der Waals surface area contributed by atoms with Gasteiger partial charge in [-0.05, 0) is 85.4 Å². The first-order valence-electron chi connectivity index (χ1n) is 14.3. The lowest BCUT2D eigenvalue weighted by Gasteiger charge is -2.24. The quantitative estimate of drug-likeness (QED) is 0.146. The van der Waals surface area contributed by atoms with E-state index in [0.29, 0.717) is 18.4 Å². The standard InChI is InChI=1S/C30H47NO11/c1-10-12-18(3)36-27(33)40-24-15-14-22(17-25(24)41-28(34)37-19(4)13-11-2)16-23(31)26(32)38-20(5)21(6)39-29(35)42-30(7,8)9/h14-15,17-21,23H,10-13,16,31H2,1-9H3/t18?,19?,20-,21-,23-/m0/s1. The van der Waals surface area contributed by atoms with Crippen LogP contribution in [0.4, 0.5) is 14.4 Å². The normalized spacial score (nSPS) is 14.8. The molecule has 2 unspecified atom stereocenters. The van der Waals surface area contributed by atoms with Gasteiger partial charge in [-0.15, -0.1) is 0 Å². The fraction of sp³-hybridized carbons (Fsp3) is 0.667. The SMILES string of the molecule is CCCC(C)OC(=O)Oc1ccc(C[C@H](N)C(=O)O[C@@H](C)[C@H](C)OC(=O)OC(C)(C)C)cc1OC(=O)OC(C)CCC. The molecule has 0 saturated heterocycles. The van der Waals surface area contributed by atoms with Crippen LogP contribution in [0.2, 0.25) is 0 Å². The summed E-state index contributed by atoms with van der Waals surface area (Å²) in [7, 11) is 0. The number of rotatable bonds is 14. The van der Waals surface area contributed by atoms with E-state index in [2.05, 4.69) is 0 Å². The van der Waals surface area contributed by atoms with Gasteiger partial charge in [0.15, 0.2) is 11.5 Å². The average Bonchev–Trinajstić information content (AvgIpc) is 2.84. The van der Waals surface area contributed by atoms with Crippen LogP contribution in [0, 0.1) is 0 Å². The van der Waals surface area contributed by atoms with Crippen molar-refractivity contribution in [2.75, 3.05) is 0 Å². The van der Waals surface area contributed by atoms with Gasteiger partial charge in [0.05, 0.1) is 0 Å². The zero-order valence-corrected chi connectivity index (χ0v) is 26.2. The molecule has 0 heterocycles. The summed E-state index contributed by atoms with van der Waals surface area (Å²) in [5, 5.41) is 0. The largest absolute Gasteiger partial charge is 0.514 e. The Hall–Kier alpha value is -3.54. The summed E-state index contributed by atoms with van der Waals surface area (Å²) in [5.41, 5.74) is 5.84. The Bertz CT molecular complexity index is 1040. The fourth-order valence-corrected chi connectivity index (χ4v) is 3.56. The van der Waals surface area contributed by atoms with Crippen molar-refractivity contribution >= 4 is 24.4 Å². The summed E-state index contributed by atoms with van der Waals surface area (Å²) >= 11 is 0. The second-order valence-electron chi connectivity index (χ2n) is 11.2. The maximum atomic E-state index is 12.7. The van der Waals surface area contributed by atoms with E-state index in [1.807, 2.05) is 13.8 Å². The van der Waals surface area contributed by atoms with Gasteiger partial charge in [0.25, 0.3) is 0 Å². The van der Waals surface area contributed by atoms with E-state index in [1.165, 1.54) is 12.1 Å². The Morgan fingerprint density at radius 1 is 0.738 bits per heavy atom. The monoisotopic (exact) mass is 597 g/mol. The molecular formula is C30H47NO11. The second kappa shape index (κ2) is 17.4. The number of nitrogens with two attached hydrogens (primary N) is 1. The number of benzene rings is 1. The van der Waals surface area contributed by atoms with Crippen LogP contribution in [0.3, 0.4) is 0 Å². The van der Waals surface area contributed by atoms with Crippen molar-refractivity contribution in [3.05, 3.63) is 23.8 Å². The van der Waals surface area contributed by atoms with Gasteiger partial charge in [-0.2, -0.15) is 0 Å². The first kappa shape index (κ1) is 36.5. The molecule has 2 N–H and O–H groups in total. The van der Waals surface area contributed by atoms with E-state index in [-0.39, 0.29) is 30.1 Å². The van der Waals surface area contributed by atoms with Crippen LogP contribution >= 0.6 is 0 Å². The Morgan fingerprint density at radius 2 is 1.24 bits per heavy atom. The van der Waals surface area contributed by atoms with Crippen molar-refractivity contribution in [3.63, 3.8) is 0 Å². The highest BCUT2D eigenvalue weighted by Gasteiger charge is 2.27. The van der Waals surface area contributed by atoms with Crippen LogP contribution in [0.5, 0.6) is 11.5 Å². The predicted octanol–water partition coefficient (Wildman–Crippen LogP) is 6.24. The lowest BCUT2D eigenvalue weighted by molar-refractivity contribution is -0.156. The molecule has 0 aromatic heterocycles. The molecule has 0 saturated carbocycles. The summed E-state index contributed by atoms with van der Waals surface area (Å²) < 4.78 is 36.8. The second-order valence-corrected chi connectivity index (χ2v) is 11.2. The third kappa shape index (κ3) is 14.4. The number of ether oxygens (including phenoxy) is 7. The summed E-state index contributed by atoms with van der Waals surface area (Å²) in [6, 6.07) is 3.25. The zero-order valence-electron chi connectivity index (χ0n) is 26.2. The van der Waals surface area contributed by atoms with Gasteiger partial charge in [0.2, 0.25) is 0 Å². The van der Waals surface area contributed by atoms with Crippen LogP contribution in [-0.2, 0) is 34.9 Å². The molecule has 5 atom stereocenters. The van der Waals surface area contributed by atoms with E-state index >= 15 is 0 Å². The first-order valence-corrected chi connectivity index (χ1v) is 14.3. The van der Waals surface area contributed by atoms with Gasteiger partial charge < -0.3 is 38.9 Å². The van der Waals surface area contributed by atoms with Crippen LogP contribution in [0.1, 0.15) is 93.6 Å². The lowest BCUT2D eigenvalue weighted by Crippen LogP contribution is -2.40. The molecule has 1 aromatic carbocycles. The highest BCUT2D eigenvalue weighted by molar-refractivity contribution is 5.76. The molecule has 42 heavy (non-hydrogen) atoms. The molecule has 238 valence electrons. The molecule has 12 heteroatoms. The topological polar surface area (TPSA) is 159 Å². The summed E-state index contributed by atoms with van der Waals surface area (Å²) in [5.74, 6) is -0.939. The van der Waals surface area contributed by atoms with Crippen molar-refractivity contribution in [3.8, 4) is 11.5 Å². The van der Waals surface area contributed by atoms with E-state index in [9.17, 15) is 19.2 Å². The molecule has 0 fully saturated rings. The van der Waals surface area contributed by atoms with Crippen LogP contribution in [0.15, 0.2) is 18.2 Å². The Morgan fingerprint density at radius 3 is 1.74 bits per heavy atom. The van der Waals surface area contributed by atoms with Crippen molar-refractivity contribution in [1.29, 1.82) is 0 Å². The molecule has 0 aliphatic carbocycles. The molecule has 1 aromatic rings. The molecule has 0 bridgehead atoms. The smallest absolute Gasteiger partial charge is 0.458 e. The number of hydrogen-bond donors (Lipinski definition) is 1. The average molecular weight is 598 g/mol. The summed E-state index contributed by atoms with van der Waals surface area (Å²) in [6.45, 7) is 15.6. The Balaban J connectivity index is 2.97. The molecule has 0 amide bonds. The van der Waals surface area contributed by atoms with Crippen LogP contribution < -0.4 is 15.2 Å². The Labute approximate surface area is 248 Å². The third-order valence-electron chi connectivity index (χ3n) is 5.77. The van der Waals surface area contributed by atoms with Gasteiger partial charge in [0.1, 0.15) is 36.1 Å². The predicted molar refractivity (Wildman–Crippen MR) is 153 cm³/mol. The zero-order chi connectivity index (χ0) is 32.0. The van der Waals surface area contributed by atoms with Crippen molar-refractivity contribution < 1.29 is 52.3 Å². The molecule has 1 rings (SSSR count). The van der Waals surface area contributed by atoms with Crippen molar-refractivity contribution in [1.82, 2.24) is 0 Å². The van der Waals surface area contributed by atoms with E-state index in [0.717, 1.165) is 12.8 Å². The highest BCUT2D eigenvalue weighted by atomic mass is 16.8. The molecule has 0 radical (unpaired) electrons. The minimum Gasteiger partial charge on any atom is -0.458 e. The van der Waals surface area contributed by atoms with E-state index in [4.69, 9.17) is 38.9 Å². The number of carbonyl (C=O) groups excluding carboxylic acids is 4. The molecule has 0 aliphatic rings. The van der Waals surface area contributed by atoms with Crippen molar-refractivity contribution in [2.24, 2.45) is 5.73 Å². The summed E-state index contributed by atoms with van der Waals surface area (Å²) in [4.78, 5) is 49.3.